The summed E-state index contributed by atoms with van der Waals surface area (Å²) in [6, 6.07) is 51.6. The Balaban J connectivity index is 1.43. The molecule has 46 heavy (non-hydrogen) atoms. The summed E-state index contributed by atoms with van der Waals surface area (Å²) in [6.45, 7) is 4.30. The standard InChI is InChI=1S/C42H33N3O/c1-28-17-20-31(21-18-28)35-27-34(30-22-24-33(46-3)25-23-30)41-29(2)19-26-40(42(41)43-35)45-38-15-9-7-13-36(38)44(32-11-5-4-6-12-32)37-14-8-10-16-39(37)45/h4-27H,1-3H3. The van der Waals surface area contributed by atoms with E-state index in [9.17, 15) is 0 Å². The molecule has 0 saturated carbocycles. The van der Waals surface area contributed by atoms with Gasteiger partial charge < -0.3 is 14.5 Å². The highest BCUT2D eigenvalue weighted by Gasteiger charge is 2.31. The third-order valence-corrected chi connectivity index (χ3v) is 8.88. The van der Waals surface area contributed by atoms with Gasteiger partial charge in [0.1, 0.15) is 5.75 Å². The molecule has 0 atom stereocenters. The van der Waals surface area contributed by atoms with Crippen LogP contribution in [0, 0.1) is 13.8 Å². The van der Waals surface area contributed by atoms with Crippen LogP contribution in [0.5, 0.6) is 5.75 Å². The first-order valence-electron chi connectivity index (χ1n) is 15.6. The zero-order valence-corrected chi connectivity index (χ0v) is 26.1. The number of benzene rings is 6. The minimum Gasteiger partial charge on any atom is -0.497 e. The highest BCUT2D eigenvalue weighted by molar-refractivity contribution is 6.10. The average molecular weight is 596 g/mol. The van der Waals surface area contributed by atoms with Gasteiger partial charge in [-0.05, 0) is 91.2 Å². The third kappa shape index (κ3) is 4.58. The van der Waals surface area contributed by atoms with Crippen molar-refractivity contribution in [3.63, 3.8) is 0 Å². The molecule has 0 aliphatic carbocycles. The highest BCUT2D eigenvalue weighted by atomic mass is 16.5. The summed E-state index contributed by atoms with van der Waals surface area (Å²) < 4.78 is 5.50. The Kier molecular flexibility index (Phi) is 6.76. The second-order valence-corrected chi connectivity index (χ2v) is 11.8. The normalized spacial score (nSPS) is 12.2. The number of hydrogen-bond donors (Lipinski definition) is 0. The third-order valence-electron chi connectivity index (χ3n) is 8.88. The van der Waals surface area contributed by atoms with Gasteiger partial charge in [0.05, 0.1) is 46.8 Å². The molecule has 7 aromatic rings. The first kappa shape index (κ1) is 27.7. The number of anilines is 6. The van der Waals surface area contributed by atoms with Gasteiger partial charge in [-0.2, -0.15) is 0 Å². The first-order chi connectivity index (χ1) is 22.6. The molecule has 1 aliphatic heterocycles. The van der Waals surface area contributed by atoms with Crippen LogP contribution < -0.4 is 14.5 Å². The molecule has 0 saturated heterocycles. The van der Waals surface area contributed by atoms with Crippen LogP contribution in [-0.2, 0) is 0 Å². The van der Waals surface area contributed by atoms with Gasteiger partial charge in [0, 0.05) is 16.6 Å². The predicted molar refractivity (Wildman–Crippen MR) is 192 cm³/mol. The molecule has 0 radical (unpaired) electrons. The average Bonchev–Trinajstić information content (AvgIpc) is 3.11. The lowest BCUT2D eigenvalue weighted by molar-refractivity contribution is 0.415. The molecule has 1 aromatic heterocycles. The number of ether oxygens (including phenoxy) is 1. The molecule has 4 heteroatoms. The number of fused-ring (bicyclic) bond motifs is 3. The van der Waals surface area contributed by atoms with Crippen LogP contribution >= 0.6 is 0 Å². The van der Waals surface area contributed by atoms with E-state index in [1.807, 2.05) is 12.1 Å². The molecule has 4 nitrogen and oxygen atoms in total. The number of para-hydroxylation sites is 5. The second kappa shape index (κ2) is 11.2. The molecule has 1 aliphatic rings. The van der Waals surface area contributed by atoms with Gasteiger partial charge in [0.15, 0.2) is 0 Å². The Labute approximate surface area is 269 Å². The summed E-state index contributed by atoms with van der Waals surface area (Å²) in [5, 5.41) is 1.14. The Morgan fingerprint density at radius 1 is 0.522 bits per heavy atom. The number of nitrogens with zero attached hydrogens (tertiary/aromatic N) is 3. The lowest BCUT2D eigenvalue weighted by Crippen LogP contribution is -2.24. The van der Waals surface area contributed by atoms with Crippen molar-refractivity contribution in [3.8, 4) is 28.1 Å². The molecule has 0 bridgehead atoms. The van der Waals surface area contributed by atoms with E-state index < -0.39 is 0 Å². The van der Waals surface area contributed by atoms with Crippen LogP contribution in [0.25, 0.3) is 33.3 Å². The highest BCUT2D eigenvalue weighted by Crippen LogP contribution is 2.55. The van der Waals surface area contributed by atoms with Crippen LogP contribution in [-0.4, -0.2) is 12.1 Å². The molecule has 8 rings (SSSR count). The van der Waals surface area contributed by atoms with E-state index in [0.29, 0.717) is 0 Å². The summed E-state index contributed by atoms with van der Waals surface area (Å²) in [5.41, 5.74) is 14.3. The largest absolute Gasteiger partial charge is 0.497 e. The van der Waals surface area contributed by atoms with Gasteiger partial charge in [-0.1, -0.05) is 90.5 Å². The van der Waals surface area contributed by atoms with Gasteiger partial charge in [0.25, 0.3) is 0 Å². The fourth-order valence-electron chi connectivity index (χ4n) is 6.61. The van der Waals surface area contributed by atoms with Gasteiger partial charge in [-0.25, -0.2) is 4.98 Å². The van der Waals surface area contributed by atoms with E-state index in [-0.39, 0.29) is 0 Å². The van der Waals surface area contributed by atoms with Crippen LogP contribution in [0.15, 0.2) is 146 Å². The Morgan fingerprint density at radius 3 is 1.70 bits per heavy atom. The van der Waals surface area contributed by atoms with E-state index in [2.05, 4.69) is 157 Å². The summed E-state index contributed by atoms with van der Waals surface area (Å²) >= 11 is 0. The van der Waals surface area contributed by atoms with E-state index in [1.165, 1.54) is 11.1 Å². The molecule has 0 amide bonds. The number of hydrogen-bond acceptors (Lipinski definition) is 4. The van der Waals surface area contributed by atoms with E-state index >= 15 is 0 Å². The van der Waals surface area contributed by atoms with Crippen molar-refractivity contribution in [3.05, 3.63) is 157 Å². The summed E-state index contributed by atoms with van der Waals surface area (Å²) in [5.74, 6) is 0.836. The number of aromatic nitrogens is 1. The minimum absolute atomic E-state index is 0.836. The summed E-state index contributed by atoms with van der Waals surface area (Å²) in [6.07, 6.45) is 0. The summed E-state index contributed by atoms with van der Waals surface area (Å²) in [4.78, 5) is 10.2. The zero-order valence-electron chi connectivity index (χ0n) is 26.1. The van der Waals surface area contributed by atoms with Crippen molar-refractivity contribution in [2.24, 2.45) is 0 Å². The Hall–Kier alpha value is -5.87. The maximum Gasteiger partial charge on any atom is 0.118 e. The molecular formula is C42H33N3O. The zero-order chi connectivity index (χ0) is 31.2. The molecule has 0 spiro atoms. The van der Waals surface area contributed by atoms with Crippen LogP contribution in [0.1, 0.15) is 11.1 Å². The first-order valence-corrected chi connectivity index (χ1v) is 15.6. The molecular weight excluding hydrogens is 562 g/mol. The van der Waals surface area contributed by atoms with E-state index in [4.69, 9.17) is 9.72 Å². The monoisotopic (exact) mass is 595 g/mol. The summed E-state index contributed by atoms with van der Waals surface area (Å²) in [7, 11) is 1.70. The molecule has 0 N–H and O–H groups in total. The number of methoxy groups -OCH3 is 1. The maximum atomic E-state index is 5.50. The smallest absolute Gasteiger partial charge is 0.118 e. The van der Waals surface area contributed by atoms with Crippen LogP contribution in [0.4, 0.5) is 34.1 Å². The quantitative estimate of drug-likeness (QED) is 0.198. The van der Waals surface area contributed by atoms with E-state index in [0.717, 1.165) is 73.2 Å². The van der Waals surface area contributed by atoms with E-state index in [1.54, 1.807) is 7.11 Å². The fourth-order valence-corrected chi connectivity index (χ4v) is 6.61. The number of rotatable bonds is 5. The van der Waals surface area contributed by atoms with Gasteiger partial charge in [-0.3, -0.25) is 0 Å². The Bertz CT molecular complexity index is 2160. The molecule has 0 unspecified atom stereocenters. The molecule has 6 aromatic carbocycles. The van der Waals surface area contributed by atoms with Gasteiger partial charge in [0.2, 0.25) is 0 Å². The van der Waals surface area contributed by atoms with Crippen molar-refractivity contribution in [1.29, 1.82) is 0 Å². The van der Waals surface area contributed by atoms with Gasteiger partial charge in [-0.15, -0.1) is 0 Å². The molecule has 222 valence electrons. The molecule has 2 heterocycles. The topological polar surface area (TPSA) is 28.6 Å². The minimum atomic E-state index is 0.836. The van der Waals surface area contributed by atoms with Crippen molar-refractivity contribution in [2.75, 3.05) is 16.9 Å². The van der Waals surface area contributed by atoms with Crippen LogP contribution in [0.3, 0.4) is 0 Å². The van der Waals surface area contributed by atoms with Crippen LogP contribution in [0.2, 0.25) is 0 Å². The lowest BCUT2D eigenvalue weighted by atomic mass is 9.94. The predicted octanol–water partition coefficient (Wildman–Crippen LogP) is 11.4. The Morgan fingerprint density at radius 2 is 1.09 bits per heavy atom. The molecule has 0 fully saturated rings. The number of pyridine rings is 1. The number of aryl methyl sites for hydroxylation is 2. The second-order valence-electron chi connectivity index (χ2n) is 11.8. The van der Waals surface area contributed by atoms with Gasteiger partial charge >= 0.3 is 0 Å². The van der Waals surface area contributed by atoms with Crippen molar-refractivity contribution in [1.82, 2.24) is 4.98 Å². The maximum absolute atomic E-state index is 5.50. The van der Waals surface area contributed by atoms with Crippen molar-refractivity contribution in [2.45, 2.75) is 13.8 Å². The van der Waals surface area contributed by atoms with Crippen molar-refractivity contribution < 1.29 is 4.74 Å². The van der Waals surface area contributed by atoms with Crippen molar-refractivity contribution >= 4 is 45.0 Å². The SMILES string of the molecule is COc1ccc(-c2cc(-c3ccc(C)cc3)nc3c(N4c5ccccc5N(c5ccccc5)c5ccccc54)ccc(C)c23)cc1. The lowest BCUT2D eigenvalue weighted by Gasteiger charge is -2.40. The fraction of sp³-hybridized carbons (Fsp3) is 0.0714.